The molecule has 1 aromatic rings. The standard InChI is InChI=1S/C14H20BrN3O2.ClH/c1-10(16)14(19)17-9-11-2-3-12(15)8-13(11)18-4-6-20-7-5-18;/h2-3,8,10H,4-7,9,16H2,1H3,(H,17,19);1H. The van der Waals surface area contributed by atoms with Crippen LogP contribution in [0.25, 0.3) is 0 Å². The van der Waals surface area contributed by atoms with Gasteiger partial charge in [0.15, 0.2) is 0 Å². The Kier molecular flexibility index (Phi) is 7.45. The fourth-order valence-electron chi connectivity index (χ4n) is 2.13. The highest BCUT2D eigenvalue weighted by Gasteiger charge is 2.16. The number of morpholine rings is 1. The third kappa shape index (κ3) is 5.14. The zero-order valence-corrected chi connectivity index (χ0v) is 14.4. The van der Waals surface area contributed by atoms with Crippen molar-refractivity contribution in [3.8, 4) is 0 Å². The smallest absolute Gasteiger partial charge is 0.236 e. The van der Waals surface area contributed by atoms with Crippen molar-refractivity contribution in [2.24, 2.45) is 5.73 Å². The Morgan fingerprint density at radius 3 is 2.76 bits per heavy atom. The van der Waals surface area contributed by atoms with E-state index in [1.54, 1.807) is 6.92 Å². The molecule has 1 atom stereocenters. The summed E-state index contributed by atoms with van der Waals surface area (Å²) in [5.41, 5.74) is 7.78. The van der Waals surface area contributed by atoms with E-state index in [-0.39, 0.29) is 18.3 Å². The number of benzene rings is 1. The predicted molar refractivity (Wildman–Crippen MR) is 89.9 cm³/mol. The van der Waals surface area contributed by atoms with Gasteiger partial charge < -0.3 is 20.7 Å². The maximum absolute atomic E-state index is 11.6. The van der Waals surface area contributed by atoms with Gasteiger partial charge >= 0.3 is 0 Å². The molecule has 1 heterocycles. The van der Waals surface area contributed by atoms with Gasteiger partial charge in [0, 0.05) is 29.8 Å². The van der Waals surface area contributed by atoms with Gasteiger partial charge in [-0.05, 0) is 24.6 Å². The molecule has 0 spiro atoms. The van der Waals surface area contributed by atoms with Crippen molar-refractivity contribution in [1.29, 1.82) is 0 Å². The van der Waals surface area contributed by atoms with Gasteiger partial charge in [-0.1, -0.05) is 22.0 Å². The summed E-state index contributed by atoms with van der Waals surface area (Å²) in [6, 6.07) is 5.60. The molecule has 7 heteroatoms. The Hall–Kier alpha value is -0.820. The molecule has 0 saturated carbocycles. The average molecular weight is 379 g/mol. The largest absolute Gasteiger partial charge is 0.378 e. The van der Waals surface area contributed by atoms with E-state index >= 15 is 0 Å². The lowest BCUT2D eigenvalue weighted by atomic mass is 10.1. The quantitative estimate of drug-likeness (QED) is 0.836. The highest BCUT2D eigenvalue weighted by Crippen LogP contribution is 2.26. The van der Waals surface area contributed by atoms with Crippen molar-refractivity contribution in [2.45, 2.75) is 19.5 Å². The van der Waals surface area contributed by atoms with Gasteiger partial charge in [0.1, 0.15) is 0 Å². The van der Waals surface area contributed by atoms with Crippen LogP contribution >= 0.6 is 28.3 Å². The van der Waals surface area contributed by atoms with E-state index in [0.717, 1.165) is 42.0 Å². The van der Waals surface area contributed by atoms with Crippen molar-refractivity contribution in [3.05, 3.63) is 28.2 Å². The van der Waals surface area contributed by atoms with Gasteiger partial charge in [0.05, 0.1) is 19.3 Å². The first-order valence-corrected chi connectivity index (χ1v) is 7.51. The number of rotatable bonds is 4. The lowest BCUT2D eigenvalue weighted by molar-refractivity contribution is -0.122. The van der Waals surface area contributed by atoms with E-state index in [0.29, 0.717) is 6.54 Å². The van der Waals surface area contributed by atoms with Gasteiger partial charge in [-0.2, -0.15) is 0 Å². The zero-order chi connectivity index (χ0) is 14.5. The Morgan fingerprint density at radius 2 is 2.14 bits per heavy atom. The molecule has 1 saturated heterocycles. The number of amides is 1. The van der Waals surface area contributed by atoms with Crippen LogP contribution in [0.5, 0.6) is 0 Å². The van der Waals surface area contributed by atoms with Crippen molar-refractivity contribution in [1.82, 2.24) is 5.32 Å². The second-order valence-electron chi connectivity index (χ2n) is 4.88. The number of halogens is 2. The number of nitrogens with one attached hydrogen (secondary N) is 1. The number of hydrogen-bond acceptors (Lipinski definition) is 4. The molecule has 1 unspecified atom stereocenters. The zero-order valence-electron chi connectivity index (χ0n) is 12.0. The second kappa shape index (κ2) is 8.58. The number of carbonyl (C=O) groups is 1. The molecular formula is C14H21BrClN3O2. The van der Waals surface area contributed by atoms with Crippen LogP contribution in [0.15, 0.2) is 22.7 Å². The molecule has 1 fully saturated rings. The van der Waals surface area contributed by atoms with Gasteiger partial charge in [-0.25, -0.2) is 0 Å². The van der Waals surface area contributed by atoms with Crippen LogP contribution in [0.4, 0.5) is 5.69 Å². The minimum Gasteiger partial charge on any atom is -0.378 e. The molecule has 2 rings (SSSR count). The molecule has 3 N–H and O–H groups in total. The molecule has 0 aromatic heterocycles. The fourth-order valence-corrected chi connectivity index (χ4v) is 2.48. The molecule has 0 bridgehead atoms. The SMILES string of the molecule is CC(N)C(=O)NCc1ccc(Br)cc1N1CCOCC1.Cl. The minimum absolute atomic E-state index is 0. The van der Waals surface area contributed by atoms with Crippen LogP contribution in [0.2, 0.25) is 0 Å². The van der Waals surface area contributed by atoms with E-state index in [4.69, 9.17) is 10.5 Å². The van der Waals surface area contributed by atoms with Crippen LogP contribution in [-0.2, 0) is 16.1 Å². The normalized spacial score (nSPS) is 16.0. The van der Waals surface area contributed by atoms with Gasteiger partial charge in [-0.15, -0.1) is 12.4 Å². The number of ether oxygens (including phenoxy) is 1. The first kappa shape index (κ1) is 18.2. The van der Waals surface area contributed by atoms with E-state index in [1.807, 2.05) is 12.1 Å². The van der Waals surface area contributed by atoms with Crippen molar-refractivity contribution >= 4 is 39.9 Å². The summed E-state index contributed by atoms with van der Waals surface area (Å²) in [7, 11) is 0. The summed E-state index contributed by atoms with van der Waals surface area (Å²) in [5, 5.41) is 2.86. The van der Waals surface area contributed by atoms with Crippen LogP contribution < -0.4 is 16.0 Å². The van der Waals surface area contributed by atoms with Crippen LogP contribution in [0.1, 0.15) is 12.5 Å². The average Bonchev–Trinajstić information content (AvgIpc) is 2.46. The van der Waals surface area contributed by atoms with E-state index in [9.17, 15) is 4.79 Å². The summed E-state index contributed by atoms with van der Waals surface area (Å²) in [4.78, 5) is 13.9. The predicted octanol–water partition coefficient (Wildman–Crippen LogP) is 1.67. The monoisotopic (exact) mass is 377 g/mol. The second-order valence-corrected chi connectivity index (χ2v) is 5.79. The first-order chi connectivity index (χ1) is 9.58. The van der Waals surface area contributed by atoms with Gasteiger partial charge in [0.2, 0.25) is 5.91 Å². The molecule has 5 nitrogen and oxygen atoms in total. The lowest BCUT2D eigenvalue weighted by Crippen LogP contribution is -2.39. The maximum Gasteiger partial charge on any atom is 0.236 e. The van der Waals surface area contributed by atoms with Crippen molar-refractivity contribution in [3.63, 3.8) is 0 Å². The van der Waals surface area contributed by atoms with Crippen LogP contribution in [-0.4, -0.2) is 38.3 Å². The molecule has 1 aromatic carbocycles. The molecule has 0 aliphatic carbocycles. The first-order valence-electron chi connectivity index (χ1n) is 6.72. The van der Waals surface area contributed by atoms with Crippen molar-refractivity contribution < 1.29 is 9.53 Å². The highest BCUT2D eigenvalue weighted by atomic mass is 79.9. The summed E-state index contributed by atoms with van der Waals surface area (Å²) in [5.74, 6) is -0.138. The van der Waals surface area contributed by atoms with E-state index in [1.165, 1.54) is 0 Å². The molecule has 1 aliphatic heterocycles. The number of anilines is 1. The molecule has 1 aliphatic rings. The molecule has 21 heavy (non-hydrogen) atoms. The Bertz CT molecular complexity index is 479. The van der Waals surface area contributed by atoms with Crippen molar-refractivity contribution in [2.75, 3.05) is 31.2 Å². The third-order valence-electron chi connectivity index (χ3n) is 3.27. The van der Waals surface area contributed by atoms with E-state index in [2.05, 4.69) is 32.2 Å². The lowest BCUT2D eigenvalue weighted by Gasteiger charge is -2.31. The Balaban J connectivity index is 0.00000220. The summed E-state index contributed by atoms with van der Waals surface area (Å²) in [6.45, 7) is 5.37. The van der Waals surface area contributed by atoms with Crippen LogP contribution in [0, 0.1) is 0 Å². The molecular weight excluding hydrogens is 358 g/mol. The number of hydrogen-bond donors (Lipinski definition) is 2. The summed E-state index contributed by atoms with van der Waals surface area (Å²) >= 11 is 3.50. The summed E-state index contributed by atoms with van der Waals surface area (Å²) in [6.07, 6.45) is 0. The Morgan fingerprint density at radius 1 is 1.48 bits per heavy atom. The molecule has 118 valence electrons. The summed E-state index contributed by atoms with van der Waals surface area (Å²) < 4.78 is 6.41. The number of nitrogens with two attached hydrogens (primary N) is 1. The van der Waals surface area contributed by atoms with Gasteiger partial charge in [0.25, 0.3) is 0 Å². The molecule has 1 amide bonds. The Labute approximate surface area is 139 Å². The maximum atomic E-state index is 11.6. The van der Waals surface area contributed by atoms with Crippen LogP contribution in [0.3, 0.4) is 0 Å². The third-order valence-corrected chi connectivity index (χ3v) is 3.76. The number of carbonyl (C=O) groups excluding carboxylic acids is 1. The van der Waals surface area contributed by atoms with E-state index < -0.39 is 6.04 Å². The highest BCUT2D eigenvalue weighted by molar-refractivity contribution is 9.10. The fraction of sp³-hybridized carbons (Fsp3) is 0.500. The topological polar surface area (TPSA) is 67.6 Å². The minimum atomic E-state index is -0.489. The van der Waals surface area contributed by atoms with Gasteiger partial charge in [-0.3, -0.25) is 4.79 Å². The number of nitrogens with zero attached hydrogens (tertiary/aromatic N) is 1. The molecule has 0 radical (unpaired) electrons.